The van der Waals surface area contributed by atoms with E-state index in [2.05, 4.69) is 22.3 Å². The first-order chi connectivity index (χ1) is 18.3. The average Bonchev–Trinajstić information content (AvgIpc) is 2.92. The van der Waals surface area contributed by atoms with Crippen molar-refractivity contribution in [3.63, 3.8) is 0 Å². The van der Waals surface area contributed by atoms with Crippen LogP contribution < -0.4 is 14.4 Å². The normalized spacial score (nSPS) is 14.2. The van der Waals surface area contributed by atoms with Gasteiger partial charge in [-0.3, -0.25) is 14.0 Å². The molecule has 202 valence electrons. The summed E-state index contributed by atoms with van der Waals surface area (Å²) in [5.41, 5.74) is 4.34. The summed E-state index contributed by atoms with van der Waals surface area (Å²) in [7, 11) is -2.54. The van der Waals surface area contributed by atoms with Gasteiger partial charge in [0.25, 0.3) is 10.0 Å². The van der Waals surface area contributed by atoms with Gasteiger partial charge in [-0.1, -0.05) is 54.4 Å². The summed E-state index contributed by atoms with van der Waals surface area (Å²) in [6, 6.07) is 20.1. The molecule has 1 aliphatic heterocycles. The molecule has 1 aliphatic rings. The van der Waals surface area contributed by atoms with Crippen LogP contribution in [0.1, 0.15) is 41.5 Å². The Kier molecular flexibility index (Phi) is 9.07. The molecule has 0 spiro atoms. The van der Waals surface area contributed by atoms with Gasteiger partial charge in [-0.15, -0.1) is 0 Å². The highest BCUT2D eigenvalue weighted by molar-refractivity contribution is 7.92. The molecule has 4 rings (SSSR count). The molecule has 3 aromatic carbocycles. The molecule has 0 atom stereocenters. The van der Waals surface area contributed by atoms with E-state index in [0.29, 0.717) is 18.0 Å². The third-order valence-electron chi connectivity index (χ3n) is 6.87. The van der Waals surface area contributed by atoms with Crippen LogP contribution in [-0.2, 0) is 27.9 Å². The standard InChI is InChI=1S/C30H37N3O4S/c1-23-7-14-27(15-8-23)38(35,36)33(28-19-24(2)9-16-29(28)37-3)22-30(34)31-20-25-10-12-26(13-11-25)21-32-17-5-4-6-18-32/h7-16,19H,4-6,17-18,20-22H2,1-3H3,(H,31,34). The number of carbonyl (C=O) groups is 1. The van der Waals surface area contributed by atoms with Crippen molar-refractivity contribution in [2.45, 2.75) is 51.1 Å². The lowest BCUT2D eigenvalue weighted by molar-refractivity contribution is -0.119. The number of carbonyl (C=O) groups excluding carboxylic acids is 1. The maximum Gasteiger partial charge on any atom is 0.264 e. The number of nitrogens with zero attached hydrogens (tertiary/aromatic N) is 2. The molecule has 0 bridgehead atoms. The molecule has 0 radical (unpaired) electrons. The summed E-state index contributed by atoms with van der Waals surface area (Å²) in [6.45, 7) is 6.93. The molecule has 0 aromatic heterocycles. The molecule has 1 N–H and O–H groups in total. The summed E-state index contributed by atoms with van der Waals surface area (Å²) in [4.78, 5) is 15.7. The molecule has 8 heteroatoms. The fourth-order valence-electron chi connectivity index (χ4n) is 4.66. The van der Waals surface area contributed by atoms with Gasteiger partial charge < -0.3 is 10.1 Å². The van der Waals surface area contributed by atoms with Gasteiger partial charge >= 0.3 is 0 Å². The number of ether oxygens (including phenoxy) is 1. The number of likely N-dealkylation sites (tertiary alicyclic amines) is 1. The topological polar surface area (TPSA) is 79.0 Å². The highest BCUT2D eigenvalue weighted by atomic mass is 32.2. The maximum absolute atomic E-state index is 13.7. The fourth-order valence-corrected chi connectivity index (χ4v) is 6.08. The minimum absolute atomic E-state index is 0.115. The molecule has 0 saturated carbocycles. The smallest absolute Gasteiger partial charge is 0.264 e. The van der Waals surface area contributed by atoms with Crippen molar-refractivity contribution >= 4 is 21.6 Å². The first-order valence-electron chi connectivity index (χ1n) is 13.1. The summed E-state index contributed by atoms with van der Waals surface area (Å²) in [5.74, 6) is -0.0231. The van der Waals surface area contributed by atoms with Crippen molar-refractivity contribution in [1.29, 1.82) is 0 Å². The Morgan fingerprint density at radius 3 is 2.18 bits per heavy atom. The van der Waals surface area contributed by atoms with Crippen molar-refractivity contribution in [3.8, 4) is 5.75 Å². The number of amides is 1. The molecular weight excluding hydrogens is 498 g/mol. The van der Waals surface area contributed by atoms with Crippen LogP contribution >= 0.6 is 0 Å². The number of rotatable bonds is 10. The van der Waals surface area contributed by atoms with Crippen LogP contribution in [0.5, 0.6) is 5.75 Å². The minimum Gasteiger partial charge on any atom is -0.495 e. The number of sulfonamides is 1. The van der Waals surface area contributed by atoms with Crippen LogP contribution in [0.3, 0.4) is 0 Å². The zero-order valence-electron chi connectivity index (χ0n) is 22.4. The molecule has 7 nitrogen and oxygen atoms in total. The van der Waals surface area contributed by atoms with E-state index in [0.717, 1.165) is 40.6 Å². The van der Waals surface area contributed by atoms with Gasteiger partial charge in [0, 0.05) is 13.1 Å². The van der Waals surface area contributed by atoms with Crippen LogP contribution in [0, 0.1) is 13.8 Å². The lowest BCUT2D eigenvalue weighted by Gasteiger charge is -2.26. The molecule has 1 amide bonds. The number of hydrogen-bond donors (Lipinski definition) is 1. The number of hydrogen-bond acceptors (Lipinski definition) is 5. The number of anilines is 1. The Hall–Kier alpha value is -3.36. The first-order valence-corrected chi connectivity index (χ1v) is 14.5. The number of benzene rings is 3. The molecule has 1 fully saturated rings. The van der Waals surface area contributed by atoms with Crippen molar-refractivity contribution in [2.75, 3.05) is 31.0 Å². The first kappa shape index (κ1) is 27.7. The lowest BCUT2D eigenvalue weighted by Crippen LogP contribution is -2.41. The van der Waals surface area contributed by atoms with E-state index in [1.807, 2.05) is 32.0 Å². The van der Waals surface area contributed by atoms with E-state index in [1.165, 1.54) is 31.9 Å². The summed E-state index contributed by atoms with van der Waals surface area (Å²) >= 11 is 0. The van der Waals surface area contributed by atoms with E-state index in [1.54, 1.807) is 36.4 Å². The largest absolute Gasteiger partial charge is 0.495 e. The van der Waals surface area contributed by atoms with Crippen molar-refractivity contribution < 1.29 is 17.9 Å². The maximum atomic E-state index is 13.7. The third kappa shape index (κ3) is 6.94. The summed E-state index contributed by atoms with van der Waals surface area (Å²) < 4.78 is 34.0. The third-order valence-corrected chi connectivity index (χ3v) is 8.64. The number of nitrogens with one attached hydrogen (secondary N) is 1. The van der Waals surface area contributed by atoms with Crippen LogP contribution in [0.4, 0.5) is 5.69 Å². The minimum atomic E-state index is -4.03. The van der Waals surface area contributed by atoms with Gasteiger partial charge in [0.05, 0.1) is 17.7 Å². The van der Waals surface area contributed by atoms with Crippen LogP contribution in [0.15, 0.2) is 71.6 Å². The van der Waals surface area contributed by atoms with E-state index >= 15 is 0 Å². The van der Waals surface area contributed by atoms with Crippen LogP contribution in [0.2, 0.25) is 0 Å². The average molecular weight is 536 g/mol. The number of aryl methyl sites for hydroxylation is 2. The van der Waals surface area contributed by atoms with Crippen molar-refractivity contribution in [2.24, 2.45) is 0 Å². The van der Waals surface area contributed by atoms with Gasteiger partial charge in [0.1, 0.15) is 12.3 Å². The van der Waals surface area contributed by atoms with Gasteiger partial charge in [-0.25, -0.2) is 8.42 Å². The van der Waals surface area contributed by atoms with E-state index in [4.69, 9.17) is 4.74 Å². The Bertz CT molecular complexity index is 1330. The molecule has 1 heterocycles. The van der Waals surface area contributed by atoms with Crippen molar-refractivity contribution in [3.05, 3.63) is 89.0 Å². The second-order valence-electron chi connectivity index (χ2n) is 9.93. The molecule has 0 unspecified atom stereocenters. The van der Waals surface area contributed by atoms with Gasteiger partial charge in [0.15, 0.2) is 0 Å². The van der Waals surface area contributed by atoms with E-state index < -0.39 is 15.9 Å². The van der Waals surface area contributed by atoms with Crippen molar-refractivity contribution in [1.82, 2.24) is 10.2 Å². The Morgan fingerprint density at radius 1 is 0.895 bits per heavy atom. The van der Waals surface area contributed by atoms with Gasteiger partial charge in [-0.2, -0.15) is 0 Å². The van der Waals surface area contributed by atoms with E-state index in [-0.39, 0.29) is 11.4 Å². The molecule has 0 aliphatic carbocycles. The fraction of sp³-hybridized carbons (Fsp3) is 0.367. The van der Waals surface area contributed by atoms with Crippen LogP contribution in [0.25, 0.3) is 0 Å². The predicted molar refractivity (Wildman–Crippen MR) is 151 cm³/mol. The zero-order valence-corrected chi connectivity index (χ0v) is 23.3. The molecule has 3 aromatic rings. The summed E-state index contributed by atoms with van der Waals surface area (Å²) in [5, 5.41) is 2.89. The quantitative estimate of drug-likeness (QED) is 0.403. The highest BCUT2D eigenvalue weighted by Gasteiger charge is 2.29. The Morgan fingerprint density at radius 2 is 1.53 bits per heavy atom. The Balaban J connectivity index is 1.48. The van der Waals surface area contributed by atoms with E-state index in [9.17, 15) is 13.2 Å². The van der Waals surface area contributed by atoms with Crippen LogP contribution in [-0.4, -0.2) is 46.0 Å². The second kappa shape index (κ2) is 12.5. The number of methoxy groups -OCH3 is 1. The monoisotopic (exact) mass is 535 g/mol. The molecular formula is C30H37N3O4S. The zero-order chi connectivity index (χ0) is 27.1. The molecule has 38 heavy (non-hydrogen) atoms. The lowest BCUT2D eigenvalue weighted by atomic mass is 10.1. The van der Waals surface area contributed by atoms with Gasteiger partial charge in [0.2, 0.25) is 5.91 Å². The van der Waals surface area contributed by atoms with Gasteiger partial charge in [-0.05, 0) is 80.7 Å². The predicted octanol–water partition coefficient (Wildman–Crippen LogP) is 4.81. The second-order valence-corrected chi connectivity index (χ2v) is 11.8. The highest BCUT2D eigenvalue weighted by Crippen LogP contribution is 2.33. The molecule has 1 saturated heterocycles. The Labute approximate surface area is 226 Å². The SMILES string of the molecule is COc1ccc(C)cc1N(CC(=O)NCc1ccc(CN2CCCCC2)cc1)S(=O)(=O)c1ccc(C)cc1. The summed E-state index contributed by atoms with van der Waals surface area (Å²) in [6.07, 6.45) is 3.83. The number of piperidine rings is 1.